The van der Waals surface area contributed by atoms with E-state index in [1.807, 2.05) is 0 Å². The lowest BCUT2D eigenvalue weighted by Crippen LogP contribution is -1.87. The van der Waals surface area contributed by atoms with Gasteiger partial charge in [0.15, 0.2) is 5.58 Å². The first kappa shape index (κ1) is 13.1. The monoisotopic (exact) mass is 308 g/mol. The SMILES string of the molecule is COc1cc(Cl)ccc1-c1nc2cc(Cl)c(N)cc2o1. The van der Waals surface area contributed by atoms with Gasteiger partial charge in [-0.25, -0.2) is 4.98 Å². The zero-order valence-electron chi connectivity index (χ0n) is 10.5. The average Bonchev–Trinajstić information content (AvgIpc) is 2.81. The summed E-state index contributed by atoms with van der Waals surface area (Å²) in [4.78, 5) is 4.39. The molecule has 3 rings (SSSR count). The Kier molecular flexibility index (Phi) is 3.20. The van der Waals surface area contributed by atoms with E-state index in [1.165, 1.54) is 0 Å². The van der Waals surface area contributed by atoms with Crippen molar-refractivity contribution in [2.75, 3.05) is 12.8 Å². The predicted octanol–water partition coefficient (Wildman–Crippen LogP) is 4.39. The summed E-state index contributed by atoms with van der Waals surface area (Å²) >= 11 is 11.9. The lowest BCUT2D eigenvalue weighted by Gasteiger charge is -2.05. The number of ether oxygens (including phenoxy) is 1. The molecule has 0 saturated heterocycles. The molecule has 4 nitrogen and oxygen atoms in total. The number of rotatable bonds is 2. The van der Waals surface area contributed by atoms with Crippen molar-refractivity contribution in [2.24, 2.45) is 0 Å². The summed E-state index contributed by atoms with van der Waals surface area (Å²) in [6.45, 7) is 0. The van der Waals surface area contributed by atoms with Gasteiger partial charge in [-0.05, 0) is 24.3 Å². The molecule has 102 valence electrons. The second kappa shape index (κ2) is 4.89. The number of halogens is 2. The zero-order chi connectivity index (χ0) is 14.3. The fourth-order valence-electron chi connectivity index (χ4n) is 1.92. The number of benzene rings is 2. The fraction of sp³-hybridized carbons (Fsp3) is 0.0714. The van der Waals surface area contributed by atoms with Gasteiger partial charge in [0.2, 0.25) is 5.89 Å². The van der Waals surface area contributed by atoms with Crippen molar-refractivity contribution < 1.29 is 9.15 Å². The summed E-state index contributed by atoms with van der Waals surface area (Å²) in [5.41, 5.74) is 8.11. The molecule has 0 aliphatic carbocycles. The Balaban J connectivity index is 2.20. The number of methoxy groups -OCH3 is 1. The number of nitrogens with zero attached hydrogens (tertiary/aromatic N) is 1. The number of hydrogen-bond donors (Lipinski definition) is 1. The molecule has 0 atom stereocenters. The van der Waals surface area contributed by atoms with Gasteiger partial charge >= 0.3 is 0 Å². The van der Waals surface area contributed by atoms with E-state index in [-0.39, 0.29) is 0 Å². The van der Waals surface area contributed by atoms with Crippen molar-refractivity contribution in [1.82, 2.24) is 4.98 Å². The Hall–Kier alpha value is -1.91. The summed E-state index contributed by atoms with van der Waals surface area (Å²) in [6.07, 6.45) is 0. The minimum absolute atomic E-state index is 0.426. The molecule has 0 unspecified atom stereocenters. The van der Waals surface area contributed by atoms with Crippen molar-refractivity contribution in [3.8, 4) is 17.2 Å². The van der Waals surface area contributed by atoms with Crippen LogP contribution in [0, 0.1) is 0 Å². The highest BCUT2D eigenvalue weighted by atomic mass is 35.5. The Labute approximate surface area is 125 Å². The van der Waals surface area contributed by atoms with Gasteiger partial charge in [0, 0.05) is 11.1 Å². The maximum atomic E-state index is 5.97. The predicted molar refractivity (Wildman–Crippen MR) is 80.4 cm³/mol. The molecule has 1 aromatic heterocycles. The minimum atomic E-state index is 0.426. The second-order valence-electron chi connectivity index (χ2n) is 4.21. The number of nitrogens with two attached hydrogens (primary N) is 1. The molecule has 6 heteroatoms. The molecule has 3 aromatic rings. The van der Waals surface area contributed by atoms with E-state index >= 15 is 0 Å². The van der Waals surface area contributed by atoms with Crippen LogP contribution in [-0.2, 0) is 0 Å². The van der Waals surface area contributed by atoms with E-state index in [4.69, 9.17) is 38.1 Å². The van der Waals surface area contributed by atoms with E-state index in [0.29, 0.717) is 44.0 Å². The quantitative estimate of drug-likeness (QED) is 0.713. The molecule has 0 fully saturated rings. The second-order valence-corrected chi connectivity index (χ2v) is 5.05. The molecular weight excluding hydrogens is 299 g/mol. The third-order valence-corrected chi connectivity index (χ3v) is 3.46. The Bertz CT molecular complexity index is 760. The summed E-state index contributed by atoms with van der Waals surface area (Å²) in [6, 6.07) is 8.55. The first-order chi connectivity index (χ1) is 9.58. The minimum Gasteiger partial charge on any atom is -0.496 e. The van der Waals surface area contributed by atoms with Crippen molar-refractivity contribution in [3.05, 3.63) is 40.4 Å². The van der Waals surface area contributed by atoms with E-state index in [1.54, 1.807) is 37.4 Å². The lowest BCUT2D eigenvalue weighted by molar-refractivity contribution is 0.414. The molecule has 0 radical (unpaired) electrons. The average molecular weight is 309 g/mol. The van der Waals surface area contributed by atoms with Crippen LogP contribution in [-0.4, -0.2) is 12.1 Å². The molecule has 1 heterocycles. The number of hydrogen-bond acceptors (Lipinski definition) is 4. The molecule has 0 spiro atoms. The van der Waals surface area contributed by atoms with Gasteiger partial charge in [0.05, 0.1) is 23.4 Å². The highest BCUT2D eigenvalue weighted by Gasteiger charge is 2.14. The van der Waals surface area contributed by atoms with Crippen LogP contribution < -0.4 is 10.5 Å². The molecule has 0 aliphatic rings. The first-order valence-electron chi connectivity index (χ1n) is 5.78. The number of aromatic nitrogens is 1. The van der Waals surface area contributed by atoms with Gasteiger partial charge < -0.3 is 14.9 Å². The van der Waals surface area contributed by atoms with Crippen LogP contribution in [0.4, 0.5) is 5.69 Å². The summed E-state index contributed by atoms with van der Waals surface area (Å²) in [7, 11) is 1.56. The highest BCUT2D eigenvalue weighted by molar-refractivity contribution is 6.33. The van der Waals surface area contributed by atoms with Crippen LogP contribution in [0.5, 0.6) is 5.75 Å². The van der Waals surface area contributed by atoms with Crippen LogP contribution >= 0.6 is 23.2 Å². The Morgan fingerprint density at radius 2 is 2.00 bits per heavy atom. The summed E-state index contributed by atoms with van der Waals surface area (Å²) < 4.78 is 11.0. The van der Waals surface area contributed by atoms with Gasteiger partial charge in [-0.15, -0.1) is 0 Å². The van der Waals surface area contributed by atoms with Crippen molar-refractivity contribution >= 4 is 40.0 Å². The van der Waals surface area contributed by atoms with Crippen LogP contribution in [0.2, 0.25) is 10.0 Å². The van der Waals surface area contributed by atoms with Gasteiger partial charge in [-0.1, -0.05) is 23.2 Å². The molecular formula is C14H10Cl2N2O2. The molecule has 2 N–H and O–H groups in total. The van der Waals surface area contributed by atoms with E-state index < -0.39 is 0 Å². The van der Waals surface area contributed by atoms with Gasteiger partial charge in [-0.3, -0.25) is 0 Å². The molecule has 0 aliphatic heterocycles. The van der Waals surface area contributed by atoms with Gasteiger partial charge in [0.1, 0.15) is 11.3 Å². The maximum absolute atomic E-state index is 5.97. The third-order valence-electron chi connectivity index (χ3n) is 2.90. The fourth-order valence-corrected chi connectivity index (χ4v) is 2.24. The van der Waals surface area contributed by atoms with Crippen LogP contribution in [0.3, 0.4) is 0 Å². The lowest BCUT2D eigenvalue weighted by atomic mass is 10.2. The van der Waals surface area contributed by atoms with Crippen molar-refractivity contribution in [1.29, 1.82) is 0 Å². The van der Waals surface area contributed by atoms with Crippen LogP contribution in [0.15, 0.2) is 34.7 Å². The molecule has 20 heavy (non-hydrogen) atoms. The topological polar surface area (TPSA) is 61.3 Å². The smallest absolute Gasteiger partial charge is 0.231 e. The molecule has 0 bridgehead atoms. The van der Waals surface area contributed by atoms with Gasteiger partial charge in [0.25, 0.3) is 0 Å². The van der Waals surface area contributed by atoms with E-state index in [9.17, 15) is 0 Å². The largest absolute Gasteiger partial charge is 0.496 e. The molecule has 2 aromatic carbocycles. The molecule has 0 amide bonds. The molecule has 0 saturated carbocycles. The number of oxazole rings is 1. The number of anilines is 1. The number of nitrogen functional groups attached to an aromatic ring is 1. The Morgan fingerprint density at radius 3 is 2.75 bits per heavy atom. The van der Waals surface area contributed by atoms with Crippen LogP contribution in [0.25, 0.3) is 22.6 Å². The summed E-state index contributed by atoms with van der Waals surface area (Å²) in [5, 5.41) is 1.02. The van der Waals surface area contributed by atoms with Crippen molar-refractivity contribution in [2.45, 2.75) is 0 Å². The highest BCUT2D eigenvalue weighted by Crippen LogP contribution is 2.35. The maximum Gasteiger partial charge on any atom is 0.231 e. The number of fused-ring (bicyclic) bond motifs is 1. The third kappa shape index (κ3) is 2.17. The summed E-state index contributed by atoms with van der Waals surface area (Å²) in [5.74, 6) is 1.01. The standard InChI is InChI=1S/C14H10Cl2N2O2/c1-19-12-4-7(15)2-3-8(12)14-18-11-5-9(16)10(17)6-13(11)20-14/h2-6H,17H2,1H3. The normalized spacial score (nSPS) is 10.9. The van der Waals surface area contributed by atoms with Gasteiger partial charge in [-0.2, -0.15) is 0 Å². The zero-order valence-corrected chi connectivity index (χ0v) is 12.0. The Morgan fingerprint density at radius 1 is 1.20 bits per heavy atom. The first-order valence-corrected chi connectivity index (χ1v) is 6.53. The van der Waals surface area contributed by atoms with E-state index in [0.717, 1.165) is 0 Å². The van der Waals surface area contributed by atoms with Crippen molar-refractivity contribution in [3.63, 3.8) is 0 Å². The van der Waals surface area contributed by atoms with Crippen LogP contribution in [0.1, 0.15) is 0 Å². The van der Waals surface area contributed by atoms with E-state index in [2.05, 4.69) is 4.98 Å².